The van der Waals surface area contributed by atoms with Gasteiger partial charge < -0.3 is 14.1 Å². The topological polar surface area (TPSA) is 55.2 Å². The molecule has 0 atom stereocenters. The molecular formula is C14H11NO3. The summed E-state index contributed by atoms with van der Waals surface area (Å²) in [6.07, 6.45) is 0.766. The molecule has 1 N–H and O–H groups in total. The van der Waals surface area contributed by atoms with Crippen molar-refractivity contribution in [3.8, 4) is 17.1 Å². The number of furan rings is 1. The van der Waals surface area contributed by atoms with Crippen LogP contribution in [0, 0.1) is 0 Å². The summed E-state index contributed by atoms with van der Waals surface area (Å²) in [6.45, 7) is 0. The summed E-state index contributed by atoms with van der Waals surface area (Å²) in [4.78, 5) is 13.6. The third-order valence-corrected chi connectivity index (χ3v) is 2.83. The number of carbonyl (C=O) groups excluding carboxylic acids is 1. The van der Waals surface area contributed by atoms with Crippen LogP contribution in [0.5, 0.6) is 5.75 Å². The SMILES string of the molecule is COc1ccc(-c2cc3[nH]c(C=O)cc3o2)cc1. The third-order valence-electron chi connectivity index (χ3n) is 2.83. The van der Waals surface area contributed by atoms with Gasteiger partial charge in [-0.05, 0) is 24.3 Å². The summed E-state index contributed by atoms with van der Waals surface area (Å²) < 4.78 is 10.8. The van der Waals surface area contributed by atoms with Crippen molar-refractivity contribution in [3.63, 3.8) is 0 Å². The molecular weight excluding hydrogens is 230 g/mol. The van der Waals surface area contributed by atoms with Crippen LogP contribution in [0.25, 0.3) is 22.4 Å². The second kappa shape index (κ2) is 4.07. The van der Waals surface area contributed by atoms with Gasteiger partial charge in [0.25, 0.3) is 0 Å². The first kappa shape index (κ1) is 10.7. The normalized spacial score (nSPS) is 10.7. The highest BCUT2D eigenvalue weighted by atomic mass is 16.5. The van der Waals surface area contributed by atoms with Crippen LogP contribution >= 0.6 is 0 Å². The Labute approximate surface area is 103 Å². The van der Waals surface area contributed by atoms with E-state index in [4.69, 9.17) is 9.15 Å². The maximum Gasteiger partial charge on any atom is 0.166 e. The van der Waals surface area contributed by atoms with Crippen molar-refractivity contribution < 1.29 is 13.9 Å². The quantitative estimate of drug-likeness (QED) is 0.716. The molecule has 3 aromatic rings. The Balaban J connectivity index is 2.02. The van der Waals surface area contributed by atoms with E-state index in [0.717, 1.165) is 28.9 Å². The third kappa shape index (κ3) is 1.68. The van der Waals surface area contributed by atoms with Crippen LogP contribution in [0.3, 0.4) is 0 Å². The zero-order valence-corrected chi connectivity index (χ0v) is 9.77. The van der Waals surface area contributed by atoms with Gasteiger partial charge in [0.15, 0.2) is 11.9 Å². The number of nitrogens with one attached hydrogen (secondary N) is 1. The van der Waals surface area contributed by atoms with Gasteiger partial charge in [-0.15, -0.1) is 0 Å². The van der Waals surface area contributed by atoms with Crippen molar-refractivity contribution in [2.45, 2.75) is 0 Å². The van der Waals surface area contributed by atoms with Crippen LogP contribution in [0.15, 0.2) is 40.8 Å². The summed E-state index contributed by atoms with van der Waals surface area (Å²) in [5.74, 6) is 1.57. The molecule has 18 heavy (non-hydrogen) atoms. The molecule has 0 saturated carbocycles. The highest BCUT2D eigenvalue weighted by molar-refractivity contribution is 5.87. The molecule has 0 radical (unpaired) electrons. The first-order valence-electron chi connectivity index (χ1n) is 5.52. The van der Waals surface area contributed by atoms with E-state index in [1.807, 2.05) is 30.3 Å². The van der Waals surface area contributed by atoms with Gasteiger partial charge in [-0.1, -0.05) is 0 Å². The Morgan fingerprint density at radius 1 is 1.22 bits per heavy atom. The van der Waals surface area contributed by atoms with E-state index in [9.17, 15) is 4.79 Å². The van der Waals surface area contributed by atoms with Gasteiger partial charge in [0.05, 0.1) is 18.3 Å². The molecule has 4 heteroatoms. The van der Waals surface area contributed by atoms with Crippen molar-refractivity contribution in [3.05, 3.63) is 42.1 Å². The molecule has 3 rings (SSSR count). The summed E-state index contributed by atoms with van der Waals surface area (Å²) in [5, 5.41) is 0. The molecule has 0 aliphatic heterocycles. The zero-order chi connectivity index (χ0) is 12.5. The summed E-state index contributed by atoms with van der Waals surface area (Å²) in [5.41, 5.74) is 2.99. The van der Waals surface area contributed by atoms with Crippen LogP contribution in [0.2, 0.25) is 0 Å². The lowest BCUT2D eigenvalue weighted by atomic mass is 10.2. The average Bonchev–Trinajstić information content (AvgIpc) is 2.96. The maximum atomic E-state index is 10.6. The lowest BCUT2D eigenvalue weighted by molar-refractivity contribution is 0.111. The number of aldehydes is 1. The fraction of sp³-hybridized carbons (Fsp3) is 0.0714. The number of carbonyl (C=O) groups is 1. The highest BCUT2D eigenvalue weighted by Gasteiger charge is 2.09. The highest BCUT2D eigenvalue weighted by Crippen LogP contribution is 2.28. The lowest BCUT2D eigenvalue weighted by Gasteiger charge is -2.00. The van der Waals surface area contributed by atoms with Gasteiger partial charge in [-0.3, -0.25) is 4.79 Å². The van der Waals surface area contributed by atoms with Crippen molar-refractivity contribution in [1.82, 2.24) is 4.98 Å². The summed E-state index contributed by atoms with van der Waals surface area (Å²) in [7, 11) is 1.63. The van der Waals surface area contributed by atoms with Gasteiger partial charge in [0.1, 0.15) is 11.5 Å². The van der Waals surface area contributed by atoms with E-state index < -0.39 is 0 Å². The van der Waals surface area contributed by atoms with Crippen LogP contribution in [-0.4, -0.2) is 18.4 Å². The number of H-pyrrole nitrogens is 1. The van der Waals surface area contributed by atoms with E-state index in [1.165, 1.54) is 0 Å². The zero-order valence-electron chi connectivity index (χ0n) is 9.77. The van der Waals surface area contributed by atoms with Gasteiger partial charge in [-0.25, -0.2) is 0 Å². The largest absolute Gasteiger partial charge is 0.497 e. The first-order chi connectivity index (χ1) is 8.80. The van der Waals surface area contributed by atoms with E-state index in [2.05, 4.69) is 4.98 Å². The Hall–Kier alpha value is -2.49. The van der Waals surface area contributed by atoms with E-state index in [-0.39, 0.29) is 0 Å². The number of hydrogen-bond acceptors (Lipinski definition) is 3. The predicted octanol–water partition coefficient (Wildman–Crippen LogP) is 3.25. The minimum atomic E-state index is 0.519. The molecule has 0 unspecified atom stereocenters. The van der Waals surface area contributed by atoms with Crippen LogP contribution in [-0.2, 0) is 0 Å². The Kier molecular flexibility index (Phi) is 2.41. The fourth-order valence-corrected chi connectivity index (χ4v) is 1.90. The Bertz CT molecular complexity index is 660. The molecule has 1 aromatic carbocycles. The standard InChI is InChI=1S/C14H11NO3/c1-17-11-4-2-9(3-5-11)13-7-12-14(18-13)6-10(8-16)15-12/h2-8,15H,1H3. The molecule has 2 heterocycles. The molecule has 0 bridgehead atoms. The van der Waals surface area contributed by atoms with E-state index in [1.54, 1.807) is 13.2 Å². The molecule has 2 aromatic heterocycles. The lowest BCUT2D eigenvalue weighted by Crippen LogP contribution is -1.81. The number of aromatic amines is 1. The number of hydrogen-bond donors (Lipinski definition) is 1. The fourth-order valence-electron chi connectivity index (χ4n) is 1.90. The smallest absolute Gasteiger partial charge is 0.166 e. The minimum Gasteiger partial charge on any atom is -0.497 e. The molecule has 0 spiro atoms. The van der Waals surface area contributed by atoms with Crippen molar-refractivity contribution in [2.24, 2.45) is 0 Å². The van der Waals surface area contributed by atoms with Crippen molar-refractivity contribution in [2.75, 3.05) is 7.11 Å². The van der Waals surface area contributed by atoms with Gasteiger partial charge >= 0.3 is 0 Å². The molecule has 0 amide bonds. The number of methoxy groups -OCH3 is 1. The number of fused-ring (bicyclic) bond motifs is 1. The van der Waals surface area contributed by atoms with Crippen LogP contribution in [0.1, 0.15) is 10.5 Å². The number of ether oxygens (including phenoxy) is 1. The van der Waals surface area contributed by atoms with Crippen molar-refractivity contribution >= 4 is 17.4 Å². The van der Waals surface area contributed by atoms with Crippen LogP contribution in [0.4, 0.5) is 0 Å². The molecule has 90 valence electrons. The Morgan fingerprint density at radius 3 is 2.61 bits per heavy atom. The molecule has 0 saturated heterocycles. The first-order valence-corrected chi connectivity index (χ1v) is 5.52. The summed E-state index contributed by atoms with van der Waals surface area (Å²) in [6, 6.07) is 11.2. The molecule has 0 aliphatic carbocycles. The maximum absolute atomic E-state index is 10.6. The van der Waals surface area contributed by atoms with E-state index in [0.29, 0.717) is 11.3 Å². The average molecular weight is 241 g/mol. The molecule has 4 nitrogen and oxygen atoms in total. The van der Waals surface area contributed by atoms with Gasteiger partial charge in [0.2, 0.25) is 0 Å². The van der Waals surface area contributed by atoms with Crippen LogP contribution < -0.4 is 4.74 Å². The second-order valence-corrected chi connectivity index (χ2v) is 3.96. The van der Waals surface area contributed by atoms with Crippen molar-refractivity contribution in [1.29, 1.82) is 0 Å². The Morgan fingerprint density at radius 2 is 2.00 bits per heavy atom. The van der Waals surface area contributed by atoms with Gasteiger partial charge in [-0.2, -0.15) is 0 Å². The monoisotopic (exact) mass is 241 g/mol. The number of rotatable bonds is 3. The van der Waals surface area contributed by atoms with E-state index >= 15 is 0 Å². The number of aromatic nitrogens is 1. The minimum absolute atomic E-state index is 0.519. The molecule has 0 fully saturated rings. The second-order valence-electron chi connectivity index (χ2n) is 3.96. The summed E-state index contributed by atoms with van der Waals surface area (Å²) >= 11 is 0. The van der Waals surface area contributed by atoms with Gasteiger partial charge in [0, 0.05) is 17.7 Å². The predicted molar refractivity (Wildman–Crippen MR) is 67.9 cm³/mol. The number of benzene rings is 1. The molecule has 0 aliphatic rings.